The van der Waals surface area contributed by atoms with Crippen LogP contribution in [0.4, 0.5) is 0 Å². The molecule has 0 saturated heterocycles. The van der Waals surface area contributed by atoms with Crippen molar-refractivity contribution in [2.24, 2.45) is 0 Å². The molecule has 8 aromatic rings. The maximum Gasteiger partial charge on any atom is 0.213 e. The molecule has 236 valence electrons. The van der Waals surface area contributed by atoms with E-state index < -0.39 is 0 Å². The first-order chi connectivity index (χ1) is 23.3. The highest BCUT2D eigenvalue weighted by Crippen LogP contribution is 2.42. The summed E-state index contributed by atoms with van der Waals surface area (Å²) in [5, 5.41) is 5.17. The highest BCUT2D eigenvalue weighted by Gasteiger charge is 2.43. The summed E-state index contributed by atoms with van der Waals surface area (Å²) in [5.74, 6) is 0. The number of hydrogen-bond donors (Lipinski definition) is 0. The largest absolute Gasteiger partial charge is 0.309 e. The van der Waals surface area contributed by atoms with Crippen molar-refractivity contribution in [1.82, 2.24) is 9.13 Å². The molecule has 0 unspecified atom stereocenters. The molecule has 0 spiro atoms. The minimum Gasteiger partial charge on any atom is -0.309 e. The Morgan fingerprint density at radius 1 is 0.583 bits per heavy atom. The summed E-state index contributed by atoms with van der Waals surface area (Å²) in [5.41, 5.74) is 12.9. The van der Waals surface area contributed by atoms with Gasteiger partial charge in [0.05, 0.1) is 27.6 Å². The van der Waals surface area contributed by atoms with E-state index in [4.69, 9.17) is 0 Å². The van der Waals surface area contributed by atoms with E-state index in [-0.39, 0.29) is 11.0 Å². The zero-order chi connectivity index (χ0) is 32.8. The van der Waals surface area contributed by atoms with Crippen LogP contribution in [0.15, 0.2) is 128 Å². The molecule has 9 rings (SSSR count). The molecule has 1 aliphatic heterocycles. The second-order valence-electron chi connectivity index (χ2n) is 14.8. The normalized spacial score (nSPS) is 14.2. The monoisotopic (exact) mass is 624 g/mol. The Balaban J connectivity index is 1.36. The lowest BCUT2D eigenvalue weighted by Gasteiger charge is -2.33. The number of pyridine rings is 1. The van der Waals surface area contributed by atoms with Crippen LogP contribution in [0.5, 0.6) is 0 Å². The van der Waals surface area contributed by atoms with Crippen molar-refractivity contribution < 1.29 is 4.57 Å². The third-order valence-electron chi connectivity index (χ3n) is 11.3. The fraction of sp³-hybridized carbons (Fsp3) is 0.222. The first-order valence-electron chi connectivity index (χ1n) is 17.5. The molecule has 3 heteroatoms. The van der Waals surface area contributed by atoms with E-state index >= 15 is 0 Å². The smallest absolute Gasteiger partial charge is 0.213 e. The van der Waals surface area contributed by atoms with Crippen molar-refractivity contribution in [1.29, 1.82) is 0 Å². The average molecular weight is 625 g/mol. The van der Waals surface area contributed by atoms with E-state index in [1.807, 2.05) is 0 Å². The lowest BCUT2D eigenvalue weighted by molar-refractivity contribution is -0.758. The number of benzene rings is 5. The molecule has 48 heavy (non-hydrogen) atoms. The number of hydrogen-bond acceptors (Lipinski definition) is 0. The van der Waals surface area contributed by atoms with Gasteiger partial charge in [-0.05, 0) is 77.2 Å². The van der Waals surface area contributed by atoms with Crippen molar-refractivity contribution in [2.45, 2.75) is 64.8 Å². The topological polar surface area (TPSA) is 13.7 Å². The second kappa shape index (κ2) is 10.4. The standard InChI is InChI=1S/C45H42N3/c1-6-45(7-2)29-30-20-22-33(26-35(30)39-18-13-14-24-46(39)45)48-40-19-12-11-17-34(40)37-27-38-36-25-31(44(3,4)5)21-23-41(36)47(43(38)28-42(37)48)32-15-9-8-10-16-32/h8-28H,6-7,29H2,1-5H3/q+1. The third-order valence-corrected chi connectivity index (χ3v) is 11.3. The Kier molecular flexibility index (Phi) is 6.30. The van der Waals surface area contributed by atoms with E-state index in [1.165, 1.54) is 77.4 Å². The second-order valence-corrected chi connectivity index (χ2v) is 14.8. The molecule has 0 amide bonds. The van der Waals surface area contributed by atoms with Crippen LogP contribution in [0.2, 0.25) is 0 Å². The summed E-state index contributed by atoms with van der Waals surface area (Å²) in [4.78, 5) is 0. The molecule has 0 fully saturated rings. The van der Waals surface area contributed by atoms with Crippen LogP contribution in [-0.2, 0) is 17.4 Å². The summed E-state index contributed by atoms with van der Waals surface area (Å²) < 4.78 is 7.50. The Hall–Kier alpha value is -5.15. The van der Waals surface area contributed by atoms with Crippen LogP contribution in [-0.4, -0.2) is 9.13 Å². The van der Waals surface area contributed by atoms with E-state index in [9.17, 15) is 0 Å². The van der Waals surface area contributed by atoms with Crippen molar-refractivity contribution in [3.63, 3.8) is 0 Å². The van der Waals surface area contributed by atoms with Crippen LogP contribution in [0.25, 0.3) is 66.2 Å². The predicted molar refractivity (Wildman–Crippen MR) is 202 cm³/mol. The van der Waals surface area contributed by atoms with Crippen LogP contribution in [0.1, 0.15) is 58.6 Å². The highest BCUT2D eigenvalue weighted by molar-refractivity contribution is 6.19. The molecule has 0 aliphatic carbocycles. The molecule has 5 aromatic carbocycles. The summed E-state index contributed by atoms with van der Waals surface area (Å²) in [6.45, 7) is 11.6. The predicted octanol–water partition coefficient (Wildman–Crippen LogP) is 11.2. The van der Waals surface area contributed by atoms with E-state index in [1.54, 1.807) is 0 Å². The van der Waals surface area contributed by atoms with Gasteiger partial charge in [0.2, 0.25) is 5.69 Å². The molecule has 3 nitrogen and oxygen atoms in total. The minimum atomic E-state index is 0.0623. The summed E-state index contributed by atoms with van der Waals surface area (Å²) >= 11 is 0. The highest BCUT2D eigenvalue weighted by atomic mass is 15.1. The number of fused-ring (bicyclic) bond motifs is 9. The van der Waals surface area contributed by atoms with Gasteiger partial charge in [-0.1, -0.05) is 83.1 Å². The molecular weight excluding hydrogens is 583 g/mol. The van der Waals surface area contributed by atoms with E-state index in [2.05, 4.69) is 176 Å². The Morgan fingerprint density at radius 2 is 1.25 bits per heavy atom. The maximum atomic E-state index is 2.55. The van der Waals surface area contributed by atoms with Gasteiger partial charge in [-0.15, -0.1) is 0 Å². The van der Waals surface area contributed by atoms with Crippen molar-refractivity contribution >= 4 is 43.6 Å². The van der Waals surface area contributed by atoms with Gasteiger partial charge in [0, 0.05) is 64.3 Å². The summed E-state index contributed by atoms with van der Waals surface area (Å²) in [6.07, 6.45) is 5.57. The van der Waals surface area contributed by atoms with Gasteiger partial charge >= 0.3 is 0 Å². The number of nitrogens with zero attached hydrogens (tertiary/aromatic N) is 3. The SMILES string of the molecule is CCC1(CC)Cc2ccc(-n3c4ccccc4c4cc5c6cc(C(C)(C)C)ccc6n(-c6ccccc6)c5cc43)cc2-c2cccc[n+]21. The van der Waals surface area contributed by atoms with Gasteiger partial charge in [0.15, 0.2) is 11.7 Å². The molecule has 0 N–H and O–H groups in total. The number of para-hydroxylation sites is 2. The Morgan fingerprint density at radius 3 is 2.02 bits per heavy atom. The quantitative estimate of drug-likeness (QED) is 0.173. The molecule has 1 aliphatic rings. The average Bonchev–Trinajstić information content (AvgIpc) is 3.61. The van der Waals surface area contributed by atoms with Gasteiger partial charge in [0.1, 0.15) is 0 Å². The van der Waals surface area contributed by atoms with Crippen LogP contribution in [0, 0.1) is 0 Å². The molecule has 0 radical (unpaired) electrons. The van der Waals surface area contributed by atoms with Gasteiger partial charge in [-0.3, -0.25) is 0 Å². The van der Waals surface area contributed by atoms with Gasteiger partial charge in [-0.25, -0.2) is 0 Å². The van der Waals surface area contributed by atoms with Gasteiger partial charge in [0.25, 0.3) is 0 Å². The summed E-state index contributed by atoms with van der Waals surface area (Å²) in [6, 6.07) is 45.6. The minimum absolute atomic E-state index is 0.0623. The molecule has 3 aromatic heterocycles. The summed E-state index contributed by atoms with van der Waals surface area (Å²) in [7, 11) is 0. The lowest BCUT2D eigenvalue weighted by Crippen LogP contribution is -2.60. The first kappa shape index (κ1) is 29.0. The molecular formula is C45H42N3+. The van der Waals surface area contributed by atoms with Crippen molar-refractivity contribution in [3.05, 3.63) is 139 Å². The fourth-order valence-electron chi connectivity index (χ4n) is 8.53. The third kappa shape index (κ3) is 4.10. The van der Waals surface area contributed by atoms with Crippen molar-refractivity contribution in [2.75, 3.05) is 0 Å². The molecule has 0 saturated carbocycles. The van der Waals surface area contributed by atoms with E-state index in [0.717, 1.165) is 19.3 Å². The van der Waals surface area contributed by atoms with Crippen LogP contribution < -0.4 is 4.57 Å². The van der Waals surface area contributed by atoms with Crippen LogP contribution >= 0.6 is 0 Å². The lowest BCUT2D eigenvalue weighted by atomic mass is 9.79. The zero-order valence-corrected chi connectivity index (χ0v) is 28.6. The maximum absolute atomic E-state index is 2.55. The van der Waals surface area contributed by atoms with Crippen molar-refractivity contribution in [3.8, 4) is 22.6 Å². The molecule has 4 heterocycles. The van der Waals surface area contributed by atoms with Gasteiger partial charge < -0.3 is 9.13 Å². The Labute approximate surface area is 282 Å². The fourth-order valence-corrected chi connectivity index (χ4v) is 8.53. The zero-order valence-electron chi connectivity index (χ0n) is 28.6. The van der Waals surface area contributed by atoms with Crippen LogP contribution in [0.3, 0.4) is 0 Å². The number of aromatic nitrogens is 3. The van der Waals surface area contributed by atoms with E-state index in [0.29, 0.717) is 0 Å². The number of rotatable bonds is 4. The Bertz CT molecular complexity index is 2530. The molecule has 0 atom stereocenters. The molecule has 0 bridgehead atoms. The first-order valence-corrected chi connectivity index (χ1v) is 17.5. The van der Waals surface area contributed by atoms with Gasteiger partial charge in [-0.2, -0.15) is 4.57 Å².